The summed E-state index contributed by atoms with van der Waals surface area (Å²) in [5.74, 6) is 2.99. The lowest BCUT2D eigenvalue weighted by Crippen LogP contribution is -2.37. The van der Waals surface area contributed by atoms with Gasteiger partial charge in [0.25, 0.3) is 0 Å². The molecule has 0 aliphatic carbocycles. The molecule has 0 spiro atoms. The molecular formula is C20H29N3O3. The van der Waals surface area contributed by atoms with Crippen LogP contribution in [0.4, 0.5) is 0 Å². The average Bonchev–Trinajstić information content (AvgIpc) is 3.10. The van der Waals surface area contributed by atoms with Crippen LogP contribution >= 0.6 is 0 Å². The van der Waals surface area contributed by atoms with Crippen LogP contribution in [-0.2, 0) is 6.54 Å². The summed E-state index contributed by atoms with van der Waals surface area (Å²) < 4.78 is 10.6. The van der Waals surface area contributed by atoms with Crippen molar-refractivity contribution in [3.8, 4) is 17.1 Å². The van der Waals surface area contributed by atoms with Crippen LogP contribution in [0.5, 0.6) is 5.75 Å². The molecule has 1 aliphatic rings. The van der Waals surface area contributed by atoms with E-state index in [1.165, 1.54) is 0 Å². The van der Waals surface area contributed by atoms with E-state index in [2.05, 4.69) is 28.9 Å². The van der Waals surface area contributed by atoms with Gasteiger partial charge in [0.05, 0.1) is 19.8 Å². The second-order valence-electron chi connectivity index (χ2n) is 7.55. The summed E-state index contributed by atoms with van der Waals surface area (Å²) in [5, 5.41) is 14.4. The monoisotopic (exact) mass is 359 g/mol. The highest BCUT2D eigenvalue weighted by atomic mass is 16.5. The summed E-state index contributed by atoms with van der Waals surface area (Å²) in [5.41, 5.74) is 0.913. The van der Waals surface area contributed by atoms with E-state index in [9.17, 15) is 5.11 Å². The molecule has 0 radical (unpaired) electrons. The van der Waals surface area contributed by atoms with E-state index in [0.29, 0.717) is 30.1 Å². The third-order valence-electron chi connectivity index (χ3n) is 5.06. The number of ether oxygens (including phenoxy) is 1. The molecule has 26 heavy (non-hydrogen) atoms. The molecule has 0 saturated carbocycles. The Morgan fingerprint density at radius 1 is 1.23 bits per heavy atom. The zero-order chi connectivity index (χ0) is 18.5. The third kappa shape index (κ3) is 4.83. The van der Waals surface area contributed by atoms with E-state index in [-0.39, 0.29) is 6.10 Å². The van der Waals surface area contributed by atoms with Gasteiger partial charge in [-0.15, -0.1) is 0 Å². The molecule has 1 aromatic heterocycles. The standard InChI is InChI=1S/C20H29N3O3/c1-14(2)12-18(24)15-8-10-23(11-9-15)13-19-21-20(22-26-19)16-4-6-17(25-3)7-5-16/h4-7,14-15,18,24H,8-13H2,1-3H3. The number of piperidine rings is 1. The molecule has 142 valence electrons. The van der Waals surface area contributed by atoms with E-state index in [4.69, 9.17) is 9.26 Å². The van der Waals surface area contributed by atoms with Crippen LogP contribution in [0.3, 0.4) is 0 Å². The molecule has 2 heterocycles. The molecule has 0 bridgehead atoms. The largest absolute Gasteiger partial charge is 0.497 e. The number of aliphatic hydroxyl groups excluding tert-OH is 1. The number of aliphatic hydroxyl groups is 1. The average molecular weight is 359 g/mol. The van der Waals surface area contributed by atoms with Crippen LogP contribution in [0.1, 0.15) is 39.0 Å². The number of nitrogens with zero attached hydrogens (tertiary/aromatic N) is 3. The number of aromatic nitrogens is 2. The minimum absolute atomic E-state index is 0.178. The maximum absolute atomic E-state index is 10.3. The highest BCUT2D eigenvalue weighted by molar-refractivity contribution is 5.55. The van der Waals surface area contributed by atoms with Crippen molar-refractivity contribution >= 4 is 0 Å². The zero-order valence-electron chi connectivity index (χ0n) is 15.9. The predicted molar refractivity (Wildman–Crippen MR) is 99.7 cm³/mol. The maximum atomic E-state index is 10.3. The normalized spacial score (nSPS) is 17.6. The van der Waals surface area contributed by atoms with Crippen LogP contribution in [0.25, 0.3) is 11.4 Å². The van der Waals surface area contributed by atoms with Crippen molar-refractivity contribution in [2.75, 3.05) is 20.2 Å². The van der Waals surface area contributed by atoms with Gasteiger partial charge in [0.2, 0.25) is 11.7 Å². The first kappa shape index (κ1) is 18.9. The quantitative estimate of drug-likeness (QED) is 0.817. The maximum Gasteiger partial charge on any atom is 0.241 e. The SMILES string of the molecule is COc1ccc(-c2noc(CN3CCC(C(O)CC(C)C)CC3)n2)cc1. The van der Waals surface area contributed by atoms with E-state index >= 15 is 0 Å². The van der Waals surface area contributed by atoms with Gasteiger partial charge >= 0.3 is 0 Å². The Hall–Kier alpha value is -1.92. The van der Waals surface area contributed by atoms with Crippen molar-refractivity contribution in [3.05, 3.63) is 30.2 Å². The molecule has 1 N–H and O–H groups in total. The highest BCUT2D eigenvalue weighted by Crippen LogP contribution is 2.26. The van der Waals surface area contributed by atoms with Gasteiger partial charge in [-0.25, -0.2) is 0 Å². The van der Waals surface area contributed by atoms with Gasteiger partial charge in [-0.2, -0.15) is 4.98 Å². The molecule has 1 aromatic carbocycles. The highest BCUT2D eigenvalue weighted by Gasteiger charge is 2.26. The van der Waals surface area contributed by atoms with Gasteiger partial charge in [0.15, 0.2) is 0 Å². The first-order valence-electron chi connectivity index (χ1n) is 9.42. The van der Waals surface area contributed by atoms with Gasteiger partial charge in [0, 0.05) is 5.56 Å². The van der Waals surface area contributed by atoms with E-state index in [1.807, 2.05) is 24.3 Å². The van der Waals surface area contributed by atoms with Crippen LogP contribution < -0.4 is 4.74 Å². The molecule has 1 saturated heterocycles. The first-order valence-corrected chi connectivity index (χ1v) is 9.42. The molecule has 1 atom stereocenters. The summed E-state index contributed by atoms with van der Waals surface area (Å²) in [6.45, 7) is 6.90. The van der Waals surface area contributed by atoms with Crippen molar-refractivity contribution in [2.45, 2.75) is 45.8 Å². The Kier molecular flexibility index (Phi) is 6.27. The molecule has 1 fully saturated rings. The van der Waals surface area contributed by atoms with Gasteiger partial charge in [0.1, 0.15) is 5.75 Å². The number of hydrogen-bond acceptors (Lipinski definition) is 6. The van der Waals surface area contributed by atoms with Gasteiger partial charge in [-0.1, -0.05) is 19.0 Å². The van der Waals surface area contributed by atoms with Crippen LogP contribution in [-0.4, -0.2) is 46.5 Å². The Labute approximate surface area is 155 Å². The number of hydrogen-bond donors (Lipinski definition) is 1. The summed E-state index contributed by atoms with van der Waals surface area (Å²) in [6, 6.07) is 7.63. The van der Waals surface area contributed by atoms with E-state index < -0.39 is 0 Å². The number of rotatable bonds is 7. The van der Waals surface area contributed by atoms with Crippen molar-refractivity contribution in [1.82, 2.24) is 15.0 Å². The lowest BCUT2D eigenvalue weighted by molar-refractivity contribution is 0.0413. The summed E-state index contributed by atoms with van der Waals surface area (Å²) in [4.78, 5) is 6.84. The second kappa shape index (κ2) is 8.64. The van der Waals surface area contributed by atoms with Gasteiger partial charge in [-0.3, -0.25) is 4.90 Å². The van der Waals surface area contributed by atoms with Crippen molar-refractivity contribution in [1.29, 1.82) is 0 Å². The molecule has 3 rings (SSSR count). The van der Waals surface area contributed by atoms with Gasteiger partial charge in [-0.05, 0) is 68.5 Å². The molecule has 1 unspecified atom stereocenters. The minimum Gasteiger partial charge on any atom is -0.497 e. The molecular weight excluding hydrogens is 330 g/mol. The smallest absolute Gasteiger partial charge is 0.241 e. The summed E-state index contributed by atoms with van der Waals surface area (Å²) in [6.07, 6.45) is 2.75. The van der Waals surface area contributed by atoms with Crippen molar-refractivity contribution < 1.29 is 14.4 Å². The summed E-state index contributed by atoms with van der Waals surface area (Å²) >= 11 is 0. The Morgan fingerprint density at radius 2 is 1.92 bits per heavy atom. The lowest BCUT2D eigenvalue weighted by Gasteiger charge is -2.33. The first-order chi connectivity index (χ1) is 12.5. The predicted octanol–water partition coefficient (Wildman–Crippen LogP) is 3.36. The third-order valence-corrected chi connectivity index (χ3v) is 5.06. The van der Waals surface area contributed by atoms with Gasteiger partial charge < -0.3 is 14.4 Å². The Balaban J connectivity index is 1.52. The second-order valence-corrected chi connectivity index (χ2v) is 7.55. The molecule has 0 amide bonds. The molecule has 2 aromatic rings. The molecule has 1 aliphatic heterocycles. The number of benzene rings is 1. The van der Waals surface area contributed by atoms with Crippen LogP contribution in [0, 0.1) is 11.8 Å². The number of methoxy groups -OCH3 is 1. The zero-order valence-corrected chi connectivity index (χ0v) is 15.9. The fourth-order valence-corrected chi connectivity index (χ4v) is 3.54. The van der Waals surface area contributed by atoms with Crippen LogP contribution in [0.2, 0.25) is 0 Å². The Bertz CT molecular complexity index is 676. The lowest BCUT2D eigenvalue weighted by atomic mass is 9.87. The summed E-state index contributed by atoms with van der Waals surface area (Å²) in [7, 11) is 1.65. The molecule has 6 heteroatoms. The van der Waals surface area contributed by atoms with Crippen LogP contribution in [0.15, 0.2) is 28.8 Å². The van der Waals surface area contributed by atoms with Crippen molar-refractivity contribution in [2.24, 2.45) is 11.8 Å². The van der Waals surface area contributed by atoms with Crippen molar-refractivity contribution in [3.63, 3.8) is 0 Å². The Morgan fingerprint density at radius 3 is 2.54 bits per heavy atom. The fraction of sp³-hybridized carbons (Fsp3) is 0.600. The topological polar surface area (TPSA) is 71.6 Å². The number of likely N-dealkylation sites (tertiary alicyclic amines) is 1. The molecule has 6 nitrogen and oxygen atoms in total. The minimum atomic E-state index is -0.178. The fourth-order valence-electron chi connectivity index (χ4n) is 3.54. The van der Waals surface area contributed by atoms with E-state index in [0.717, 1.165) is 43.7 Å². The van der Waals surface area contributed by atoms with E-state index in [1.54, 1.807) is 7.11 Å².